The van der Waals surface area contributed by atoms with Crippen molar-refractivity contribution in [3.8, 4) is 10.4 Å². The highest BCUT2D eigenvalue weighted by Crippen LogP contribution is 2.39. The van der Waals surface area contributed by atoms with Gasteiger partial charge in [0, 0.05) is 6.92 Å². The van der Waals surface area contributed by atoms with Gasteiger partial charge in [-0.15, -0.1) is 11.3 Å². The third kappa shape index (κ3) is 2.62. The third-order valence-electron chi connectivity index (χ3n) is 3.29. The monoisotopic (exact) mass is 307 g/mol. The average molecular weight is 307 g/mol. The van der Waals surface area contributed by atoms with E-state index < -0.39 is 5.79 Å². The first kappa shape index (κ1) is 14.3. The summed E-state index contributed by atoms with van der Waals surface area (Å²) in [4.78, 5) is 16.9. The van der Waals surface area contributed by atoms with Crippen molar-refractivity contribution >= 4 is 17.1 Å². The van der Waals surface area contributed by atoms with Crippen molar-refractivity contribution in [3.05, 3.63) is 40.8 Å². The van der Waals surface area contributed by atoms with Crippen molar-refractivity contribution in [1.29, 1.82) is 0 Å². The minimum atomic E-state index is -0.910. The highest BCUT2D eigenvalue weighted by Gasteiger charge is 2.37. The van der Waals surface area contributed by atoms with E-state index in [-0.39, 0.29) is 11.6 Å². The fourth-order valence-corrected chi connectivity index (χ4v) is 3.36. The summed E-state index contributed by atoms with van der Waals surface area (Å²) in [7, 11) is 0. The Balaban J connectivity index is 2.09. The van der Waals surface area contributed by atoms with Crippen LogP contribution in [0.3, 0.4) is 0 Å². The summed E-state index contributed by atoms with van der Waals surface area (Å²) in [5.41, 5.74) is 1.12. The summed E-state index contributed by atoms with van der Waals surface area (Å²) in [5.74, 6) is -1.37. The van der Waals surface area contributed by atoms with Crippen LogP contribution in [0.1, 0.15) is 29.3 Å². The number of ketones is 1. The smallest absolute Gasteiger partial charge is 0.219 e. The molecule has 1 aliphatic rings. The van der Waals surface area contributed by atoms with Gasteiger partial charge >= 0.3 is 0 Å². The molecule has 1 saturated heterocycles. The number of halogens is 1. The molecule has 0 unspecified atom stereocenters. The van der Waals surface area contributed by atoms with Gasteiger partial charge in [0.15, 0.2) is 10.8 Å². The van der Waals surface area contributed by atoms with Gasteiger partial charge < -0.3 is 9.47 Å². The Bertz CT molecular complexity index is 675. The number of thiazole rings is 1. The maximum Gasteiger partial charge on any atom is 0.219 e. The molecule has 0 atom stereocenters. The van der Waals surface area contributed by atoms with Gasteiger partial charge in [-0.1, -0.05) is 12.1 Å². The van der Waals surface area contributed by atoms with Crippen molar-refractivity contribution in [3.63, 3.8) is 0 Å². The molecular weight excluding hydrogens is 293 g/mol. The largest absolute Gasteiger partial charge is 0.342 e. The van der Waals surface area contributed by atoms with E-state index in [1.54, 1.807) is 19.1 Å². The van der Waals surface area contributed by atoms with E-state index in [2.05, 4.69) is 4.98 Å². The van der Waals surface area contributed by atoms with Crippen LogP contribution in [0.15, 0.2) is 24.3 Å². The molecule has 0 radical (unpaired) electrons. The summed E-state index contributed by atoms with van der Waals surface area (Å²) in [6.07, 6.45) is 0. The summed E-state index contributed by atoms with van der Waals surface area (Å²) in [5, 5.41) is 0.601. The van der Waals surface area contributed by atoms with Crippen LogP contribution in [0.2, 0.25) is 0 Å². The third-order valence-corrected chi connectivity index (χ3v) is 4.58. The lowest BCUT2D eigenvalue weighted by molar-refractivity contribution is -0.149. The predicted molar refractivity (Wildman–Crippen MR) is 76.8 cm³/mol. The van der Waals surface area contributed by atoms with Crippen LogP contribution in [0.4, 0.5) is 4.39 Å². The van der Waals surface area contributed by atoms with E-state index in [9.17, 15) is 9.18 Å². The van der Waals surface area contributed by atoms with Gasteiger partial charge in [0.25, 0.3) is 0 Å². The molecule has 1 aromatic carbocycles. The molecule has 0 saturated carbocycles. The molecule has 2 heterocycles. The standard InChI is InChI=1S/C15H14FNO3S/c1-9(18)12-13(10-3-5-11(16)6-4-10)21-14(17-12)15(2)19-7-8-20-15/h3-6H,7-8H2,1-2H3. The molecule has 0 N–H and O–H groups in total. The van der Waals surface area contributed by atoms with Crippen LogP contribution in [0.5, 0.6) is 0 Å². The van der Waals surface area contributed by atoms with Crippen LogP contribution >= 0.6 is 11.3 Å². The van der Waals surface area contributed by atoms with Crippen molar-refractivity contribution in [2.24, 2.45) is 0 Å². The topological polar surface area (TPSA) is 48.4 Å². The van der Waals surface area contributed by atoms with Gasteiger partial charge in [-0.25, -0.2) is 9.37 Å². The summed E-state index contributed by atoms with van der Waals surface area (Å²) >= 11 is 1.34. The van der Waals surface area contributed by atoms with E-state index in [0.29, 0.717) is 28.8 Å². The first-order chi connectivity index (χ1) is 9.99. The SMILES string of the molecule is CC(=O)c1nc(C2(C)OCCO2)sc1-c1ccc(F)cc1. The summed E-state index contributed by atoms with van der Waals surface area (Å²) in [6.45, 7) is 4.25. The molecule has 1 aromatic heterocycles. The first-order valence-corrected chi connectivity index (χ1v) is 7.37. The van der Waals surface area contributed by atoms with Gasteiger partial charge in [-0.05, 0) is 24.6 Å². The minimum Gasteiger partial charge on any atom is -0.342 e. The first-order valence-electron chi connectivity index (χ1n) is 6.56. The van der Waals surface area contributed by atoms with Crippen molar-refractivity contribution in [1.82, 2.24) is 4.98 Å². The second kappa shape index (κ2) is 5.29. The zero-order chi connectivity index (χ0) is 15.0. The van der Waals surface area contributed by atoms with Gasteiger partial charge in [0.1, 0.15) is 11.5 Å². The number of aromatic nitrogens is 1. The minimum absolute atomic E-state index is 0.140. The number of ether oxygens (including phenoxy) is 2. The number of benzene rings is 1. The van der Waals surface area contributed by atoms with E-state index in [0.717, 1.165) is 5.56 Å². The van der Waals surface area contributed by atoms with E-state index in [1.807, 2.05) is 0 Å². The number of carbonyl (C=O) groups excluding carboxylic acids is 1. The zero-order valence-corrected chi connectivity index (χ0v) is 12.5. The maximum atomic E-state index is 13.1. The number of nitrogens with zero attached hydrogens (tertiary/aromatic N) is 1. The molecule has 1 aliphatic heterocycles. The molecule has 1 fully saturated rings. The fraction of sp³-hybridized carbons (Fsp3) is 0.333. The van der Waals surface area contributed by atoms with Gasteiger partial charge in [0.2, 0.25) is 5.79 Å². The van der Waals surface area contributed by atoms with Crippen molar-refractivity contribution in [2.45, 2.75) is 19.6 Å². The van der Waals surface area contributed by atoms with Crippen LogP contribution in [0, 0.1) is 5.82 Å². The number of Topliss-reactive ketones (excluding diaryl/α,β-unsaturated/α-hetero) is 1. The van der Waals surface area contributed by atoms with Crippen LogP contribution in [-0.2, 0) is 15.3 Å². The summed E-state index contributed by atoms with van der Waals surface area (Å²) < 4.78 is 24.2. The molecule has 4 nitrogen and oxygen atoms in total. The normalized spacial score (nSPS) is 17.1. The fourth-order valence-electron chi connectivity index (χ4n) is 2.19. The second-order valence-corrected chi connectivity index (χ2v) is 5.90. The maximum absolute atomic E-state index is 13.1. The Kier molecular flexibility index (Phi) is 3.61. The number of carbonyl (C=O) groups is 1. The van der Waals surface area contributed by atoms with Crippen LogP contribution < -0.4 is 0 Å². The molecule has 6 heteroatoms. The Hall–Kier alpha value is -1.63. The Morgan fingerprint density at radius 3 is 2.48 bits per heavy atom. The second-order valence-electron chi connectivity index (χ2n) is 4.90. The number of hydrogen-bond acceptors (Lipinski definition) is 5. The molecule has 21 heavy (non-hydrogen) atoms. The van der Waals surface area contributed by atoms with Crippen LogP contribution in [-0.4, -0.2) is 24.0 Å². The Morgan fingerprint density at radius 1 is 1.29 bits per heavy atom. The highest BCUT2D eigenvalue weighted by molar-refractivity contribution is 7.15. The number of rotatable bonds is 3. The summed E-state index contributed by atoms with van der Waals surface area (Å²) in [6, 6.07) is 6.00. The highest BCUT2D eigenvalue weighted by atomic mass is 32.1. The van der Waals surface area contributed by atoms with E-state index in [1.165, 1.54) is 30.4 Å². The van der Waals surface area contributed by atoms with Gasteiger partial charge in [-0.2, -0.15) is 0 Å². The molecule has 110 valence electrons. The lowest BCUT2D eigenvalue weighted by atomic mass is 10.1. The predicted octanol–water partition coefficient (Wildman–Crippen LogP) is 3.37. The molecular formula is C15H14FNO3S. The molecule has 0 aliphatic carbocycles. The van der Waals surface area contributed by atoms with Gasteiger partial charge in [0.05, 0.1) is 18.1 Å². The Morgan fingerprint density at radius 2 is 1.90 bits per heavy atom. The molecule has 0 amide bonds. The van der Waals surface area contributed by atoms with Crippen molar-refractivity contribution in [2.75, 3.05) is 13.2 Å². The molecule has 0 bridgehead atoms. The van der Waals surface area contributed by atoms with Crippen molar-refractivity contribution < 1.29 is 18.7 Å². The quantitative estimate of drug-likeness (QED) is 0.816. The van der Waals surface area contributed by atoms with Crippen LogP contribution in [0.25, 0.3) is 10.4 Å². The molecule has 2 aromatic rings. The van der Waals surface area contributed by atoms with E-state index >= 15 is 0 Å². The lowest BCUT2D eigenvalue weighted by Gasteiger charge is -2.18. The average Bonchev–Trinajstić information content (AvgIpc) is 3.07. The molecule has 3 rings (SSSR count). The number of hydrogen-bond donors (Lipinski definition) is 0. The Labute approximate surface area is 125 Å². The van der Waals surface area contributed by atoms with Gasteiger partial charge in [-0.3, -0.25) is 4.79 Å². The zero-order valence-electron chi connectivity index (χ0n) is 11.7. The van der Waals surface area contributed by atoms with E-state index in [4.69, 9.17) is 9.47 Å². The molecule has 0 spiro atoms. The lowest BCUT2D eigenvalue weighted by Crippen LogP contribution is -2.22.